The first-order valence-electron chi connectivity index (χ1n) is 6.41. The molecule has 0 radical (unpaired) electrons. The number of furan rings is 1. The summed E-state index contributed by atoms with van der Waals surface area (Å²) in [5.41, 5.74) is 0.928. The van der Waals surface area contributed by atoms with E-state index in [9.17, 15) is 4.79 Å². The number of amides is 1. The van der Waals surface area contributed by atoms with Crippen LogP contribution >= 0.6 is 0 Å². The highest BCUT2D eigenvalue weighted by Gasteiger charge is 2.10. The molecule has 0 unspecified atom stereocenters. The Bertz CT molecular complexity index is 655. The van der Waals surface area contributed by atoms with Gasteiger partial charge in [-0.2, -0.15) is 5.26 Å². The van der Waals surface area contributed by atoms with Gasteiger partial charge in [0.25, 0.3) is 5.91 Å². The maximum atomic E-state index is 12.0. The van der Waals surface area contributed by atoms with Gasteiger partial charge in [-0.1, -0.05) is 18.2 Å². The smallest absolute Gasteiger partial charge is 0.263 e. The highest BCUT2D eigenvalue weighted by Crippen LogP contribution is 2.12. The summed E-state index contributed by atoms with van der Waals surface area (Å²) < 4.78 is 5.12. The van der Waals surface area contributed by atoms with E-state index in [1.165, 1.54) is 12.5 Å². The van der Waals surface area contributed by atoms with Crippen LogP contribution in [0.5, 0.6) is 0 Å². The van der Waals surface area contributed by atoms with Gasteiger partial charge in [0, 0.05) is 18.9 Å². The Kier molecular flexibility index (Phi) is 4.78. The summed E-state index contributed by atoms with van der Waals surface area (Å²) in [5, 5.41) is 11.8. The van der Waals surface area contributed by atoms with Crippen LogP contribution < -0.4 is 10.2 Å². The van der Waals surface area contributed by atoms with Crippen molar-refractivity contribution in [1.29, 1.82) is 5.26 Å². The average molecular weight is 281 g/mol. The zero-order valence-electron chi connectivity index (χ0n) is 11.6. The van der Waals surface area contributed by atoms with Crippen LogP contribution in [0.4, 0.5) is 5.69 Å². The van der Waals surface area contributed by atoms with E-state index in [-0.39, 0.29) is 12.1 Å². The summed E-state index contributed by atoms with van der Waals surface area (Å²) in [6.45, 7) is 0.250. The maximum Gasteiger partial charge on any atom is 0.263 e. The van der Waals surface area contributed by atoms with Crippen LogP contribution in [-0.2, 0) is 11.3 Å². The minimum atomic E-state index is -0.434. The number of nitrogens with one attached hydrogen (secondary N) is 1. The Morgan fingerprint density at radius 1 is 1.33 bits per heavy atom. The van der Waals surface area contributed by atoms with Gasteiger partial charge in [0.15, 0.2) is 0 Å². The Labute approximate surface area is 123 Å². The first-order valence-corrected chi connectivity index (χ1v) is 6.41. The molecule has 0 saturated heterocycles. The van der Waals surface area contributed by atoms with Gasteiger partial charge in [-0.15, -0.1) is 0 Å². The predicted molar refractivity (Wildman–Crippen MR) is 79.1 cm³/mol. The van der Waals surface area contributed by atoms with E-state index >= 15 is 0 Å². The second kappa shape index (κ2) is 6.96. The molecule has 1 heterocycles. The molecule has 0 bridgehead atoms. The summed E-state index contributed by atoms with van der Waals surface area (Å²) in [4.78, 5) is 13.7. The van der Waals surface area contributed by atoms with Gasteiger partial charge in [0.1, 0.15) is 17.4 Å². The van der Waals surface area contributed by atoms with E-state index in [4.69, 9.17) is 9.68 Å². The van der Waals surface area contributed by atoms with E-state index in [1.807, 2.05) is 36.4 Å². The Morgan fingerprint density at radius 3 is 2.71 bits per heavy atom. The fourth-order valence-corrected chi connectivity index (χ4v) is 1.75. The van der Waals surface area contributed by atoms with Crippen molar-refractivity contribution in [3.63, 3.8) is 0 Å². The number of hydrogen-bond acceptors (Lipinski definition) is 4. The average Bonchev–Trinajstić information content (AvgIpc) is 3.04. The lowest BCUT2D eigenvalue weighted by molar-refractivity contribution is -0.117. The third-order valence-electron chi connectivity index (χ3n) is 2.85. The molecule has 1 N–H and O–H groups in total. The fourth-order valence-electron chi connectivity index (χ4n) is 1.75. The van der Waals surface area contributed by atoms with Gasteiger partial charge in [0.05, 0.1) is 12.8 Å². The van der Waals surface area contributed by atoms with Crippen LogP contribution in [0.3, 0.4) is 0 Å². The van der Waals surface area contributed by atoms with Crippen LogP contribution in [0.15, 0.2) is 64.9 Å². The molecule has 2 rings (SSSR count). The van der Waals surface area contributed by atoms with Gasteiger partial charge >= 0.3 is 0 Å². The fraction of sp³-hybridized carbons (Fsp3) is 0.125. The molecule has 0 fully saturated rings. The second-order valence-electron chi connectivity index (χ2n) is 4.36. The van der Waals surface area contributed by atoms with Crippen LogP contribution in [-0.4, -0.2) is 13.0 Å². The molecule has 0 aliphatic heterocycles. The normalized spacial score (nSPS) is 10.8. The molecule has 2 aromatic rings. The van der Waals surface area contributed by atoms with Gasteiger partial charge in [-0.3, -0.25) is 4.79 Å². The van der Waals surface area contributed by atoms with E-state index in [0.717, 1.165) is 5.69 Å². The number of benzene rings is 1. The van der Waals surface area contributed by atoms with Gasteiger partial charge in [-0.05, 0) is 24.3 Å². The molecule has 0 aliphatic rings. The lowest BCUT2D eigenvalue weighted by Gasteiger charge is -2.14. The van der Waals surface area contributed by atoms with Crippen molar-refractivity contribution in [2.75, 3.05) is 11.9 Å². The molecule has 1 aromatic carbocycles. The minimum Gasteiger partial charge on any atom is -0.467 e. The SMILES string of the molecule is CN(/C=C(/C#N)C(=O)NCc1ccco1)c1ccccc1. The number of carbonyl (C=O) groups is 1. The molecule has 1 aromatic heterocycles. The summed E-state index contributed by atoms with van der Waals surface area (Å²) in [6, 6.07) is 14.9. The van der Waals surface area contributed by atoms with E-state index in [0.29, 0.717) is 5.76 Å². The first kappa shape index (κ1) is 14.4. The van der Waals surface area contributed by atoms with Crippen LogP contribution in [0, 0.1) is 11.3 Å². The topological polar surface area (TPSA) is 69.3 Å². The predicted octanol–water partition coefficient (Wildman–Crippen LogP) is 2.44. The Hall–Kier alpha value is -3.00. The van der Waals surface area contributed by atoms with Crippen molar-refractivity contribution < 1.29 is 9.21 Å². The molecule has 0 spiro atoms. The Balaban J connectivity index is 2.03. The number of rotatable bonds is 5. The van der Waals surface area contributed by atoms with Crippen molar-refractivity contribution in [3.05, 3.63) is 66.3 Å². The van der Waals surface area contributed by atoms with Gasteiger partial charge < -0.3 is 14.6 Å². The molecule has 106 valence electrons. The van der Waals surface area contributed by atoms with Crippen molar-refractivity contribution in [2.24, 2.45) is 0 Å². The second-order valence-corrected chi connectivity index (χ2v) is 4.36. The molecular formula is C16H15N3O2. The highest BCUT2D eigenvalue weighted by molar-refractivity contribution is 5.97. The first-order chi connectivity index (χ1) is 10.2. The molecule has 0 atom stereocenters. The van der Waals surface area contributed by atoms with Crippen molar-refractivity contribution in [3.8, 4) is 6.07 Å². The molecule has 0 saturated carbocycles. The van der Waals surface area contributed by atoms with Crippen molar-refractivity contribution in [1.82, 2.24) is 5.32 Å². The van der Waals surface area contributed by atoms with Gasteiger partial charge in [-0.25, -0.2) is 0 Å². The highest BCUT2D eigenvalue weighted by atomic mass is 16.3. The number of para-hydroxylation sites is 1. The third kappa shape index (κ3) is 3.98. The largest absolute Gasteiger partial charge is 0.467 e. The summed E-state index contributed by atoms with van der Waals surface area (Å²) in [6.07, 6.45) is 3.04. The van der Waals surface area contributed by atoms with Crippen LogP contribution in [0.25, 0.3) is 0 Å². The molecule has 5 nitrogen and oxygen atoms in total. The quantitative estimate of drug-likeness (QED) is 0.675. The summed E-state index contributed by atoms with van der Waals surface area (Å²) in [5.74, 6) is 0.203. The van der Waals surface area contributed by atoms with Crippen molar-refractivity contribution in [2.45, 2.75) is 6.54 Å². The maximum absolute atomic E-state index is 12.0. The Morgan fingerprint density at radius 2 is 2.10 bits per heavy atom. The zero-order valence-corrected chi connectivity index (χ0v) is 11.6. The summed E-state index contributed by atoms with van der Waals surface area (Å²) in [7, 11) is 1.78. The van der Waals surface area contributed by atoms with Gasteiger partial charge in [0.2, 0.25) is 0 Å². The summed E-state index contributed by atoms with van der Waals surface area (Å²) >= 11 is 0. The number of hydrogen-bond donors (Lipinski definition) is 1. The van der Waals surface area contributed by atoms with Crippen LogP contribution in [0.1, 0.15) is 5.76 Å². The number of nitrogens with zero attached hydrogens (tertiary/aromatic N) is 2. The molecule has 1 amide bonds. The van der Waals surface area contributed by atoms with E-state index in [1.54, 1.807) is 24.1 Å². The number of anilines is 1. The lowest BCUT2D eigenvalue weighted by atomic mass is 10.2. The zero-order chi connectivity index (χ0) is 15.1. The van der Waals surface area contributed by atoms with Crippen molar-refractivity contribution >= 4 is 11.6 Å². The van der Waals surface area contributed by atoms with Crippen LogP contribution in [0.2, 0.25) is 0 Å². The standard InChI is InChI=1S/C16H15N3O2/c1-19(14-6-3-2-4-7-14)12-13(10-17)16(20)18-11-15-8-5-9-21-15/h2-9,12H,11H2,1H3,(H,18,20)/b13-12-. The molecule has 5 heteroatoms. The lowest BCUT2D eigenvalue weighted by Crippen LogP contribution is -2.25. The molecular weight excluding hydrogens is 266 g/mol. The molecule has 0 aliphatic carbocycles. The van der Waals surface area contributed by atoms with E-state index < -0.39 is 5.91 Å². The molecule has 21 heavy (non-hydrogen) atoms. The minimum absolute atomic E-state index is 0.0351. The number of carbonyl (C=O) groups excluding carboxylic acids is 1. The monoisotopic (exact) mass is 281 g/mol. The third-order valence-corrected chi connectivity index (χ3v) is 2.85. The number of nitriles is 1. The van der Waals surface area contributed by atoms with E-state index in [2.05, 4.69) is 5.32 Å².